The van der Waals surface area contributed by atoms with Gasteiger partial charge in [-0.05, 0) is 53.0 Å². The Morgan fingerprint density at radius 1 is 1.04 bits per heavy atom. The lowest BCUT2D eigenvalue weighted by molar-refractivity contribution is 0.220. The van der Waals surface area contributed by atoms with E-state index in [2.05, 4.69) is 12.1 Å². The molecule has 2 aliphatic rings. The van der Waals surface area contributed by atoms with Crippen molar-refractivity contribution in [2.45, 2.75) is 49.7 Å². The van der Waals surface area contributed by atoms with Crippen molar-refractivity contribution in [3.63, 3.8) is 0 Å². The van der Waals surface area contributed by atoms with Gasteiger partial charge in [0.1, 0.15) is 6.10 Å². The summed E-state index contributed by atoms with van der Waals surface area (Å²) in [6.07, 6.45) is 6.23. The number of rotatable bonds is 5. The van der Waals surface area contributed by atoms with Gasteiger partial charge in [-0.25, -0.2) is 0 Å². The summed E-state index contributed by atoms with van der Waals surface area (Å²) in [5.41, 5.74) is 3.42. The molecule has 1 aliphatic carbocycles. The van der Waals surface area contributed by atoms with Crippen LogP contribution in [-0.4, -0.2) is 23.0 Å². The summed E-state index contributed by atoms with van der Waals surface area (Å²) < 4.78 is 5.23. The van der Waals surface area contributed by atoms with E-state index in [1.165, 1.54) is 42.8 Å². The highest BCUT2D eigenvalue weighted by Gasteiger charge is 2.28. The number of hydrogen-bond donors (Lipinski definition) is 2. The molecule has 0 aromatic heterocycles. The minimum Gasteiger partial charge on any atom is -0.423 e. The lowest BCUT2D eigenvalue weighted by Crippen LogP contribution is -2.28. The molecule has 3 nitrogen and oxygen atoms in total. The molecular formula is C21H25BO3S. The summed E-state index contributed by atoms with van der Waals surface area (Å²) in [6.45, 7) is 0.430. The molecule has 0 radical (unpaired) electrons. The molecule has 1 atom stereocenters. The van der Waals surface area contributed by atoms with E-state index in [1.807, 2.05) is 42.1 Å². The molecule has 1 heterocycles. The maximum absolute atomic E-state index is 10.7. The van der Waals surface area contributed by atoms with E-state index in [0.29, 0.717) is 6.61 Å². The van der Waals surface area contributed by atoms with Crippen molar-refractivity contribution in [2.75, 3.05) is 5.75 Å². The van der Waals surface area contributed by atoms with Crippen LogP contribution >= 0.6 is 11.8 Å². The normalized spacial score (nSPS) is 18.8. The molecule has 26 heavy (non-hydrogen) atoms. The number of benzene rings is 2. The van der Waals surface area contributed by atoms with Crippen molar-refractivity contribution in [3.05, 3.63) is 59.2 Å². The molecule has 0 amide bonds. The van der Waals surface area contributed by atoms with Crippen LogP contribution in [0.2, 0.25) is 0 Å². The fraction of sp³-hybridized carbons (Fsp3) is 0.429. The molecule has 5 heteroatoms. The van der Waals surface area contributed by atoms with Crippen LogP contribution < -0.4 is 5.46 Å². The smallest absolute Gasteiger partial charge is 0.423 e. The summed E-state index contributed by atoms with van der Waals surface area (Å²) in [5.74, 6) is 2.06. The van der Waals surface area contributed by atoms with Crippen LogP contribution in [0.4, 0.5) is 0 Å². The zero-order valence-electron chi connectivity index (χ0n) is 14.9. The average Bonchev–Trinajstić information content (AvgIpc) is 3.07. The van der Waals surface area contributed by atoms with Crippen LogP contribution in [-0.2, 0) is 11.3 Å². The standard InChI is InChI=1S/C21H25BO3S/c23-21(17-6-7-18-13-25-22(24)20(18)12-17)16-8-10-19(11-9-16)26-14-15-4-2-1-3-5-15/h6-12,15,21,23-24H,1-5,13-14H2. The van der Waals surface area contributed by atoms with Crippen LogP contribution in [0.5, 0.6) is 0 Å². The minimum atomic E-state index is -0.879. The molecule has 1 unspecified atom stereocenters. The van der Waals surface area contributed by atoms with E-state index in [1.54, 1.807) is 0 Å². The molecule has 0 bridgehead atoms. The van der Waals surface area contributed by atoms with Gasteiger partial charge >= 0.3 is 7.12 Å². The first-order valence-corrected chi connectivity index (χ1v) is 10.5. The second-order valence-electron chi connectivity index (χ2n) is 7.41. The highest BCUT2D eigenvalue weighted by Crippen LogP contribution is 2.31. The Bertz CT molecular complexity index is 743. The third kappa shape index (κ3) is 4.01. The van der Waals surface area contributed by atoms with Crippen molar-refractivity contribution in [2.24, 2.45) is 5.92 Å². The Kier molecular flexibility index (Phi) is 5.70. The highest BCUT2D eigenvalue weighted by molar-refractivity contribution is 7.99. The largest absolute Gasteiger partial charge is 0.491 e. The van der Waals surface area contributed by atoms with E-state index >= 15 is 0 Å². The third-order valence-corrected chi connectivity index (χ3v) is 6.80. The first-order valence-electron chi connectivity index (χ1n) is 9.54. The maximum atomic E-state index is 10.7. The fourth-order valence-electron chi connectivity index (χ4n) is 3.91. The number of hydrogen-bond acceptors (Lipinski definition) is 4. The monoisotopic (exact) mass is 368 g/mol. The third-order valence-electron chi connectivity index (χ3n) is 5.55. The average molecular weight is 368 g/mol. The zero-order valence-corrected chi connectivity index (χ0v) is 15.8. The number of aliphatic hydroxyl groups is 1. The SMILES string of the molecule is OB1OCc2ccc(C(O)c3ccc(SCC4CCCCC4)cc3)cc21. The van der Waals surface area contributed by atoms with Crippen molar-refractivity contribution >= 4 is 24.3 Å². The topological polar surface area (TPSA) is 49.7 Å². The quantitative estimate of drug-likeness (QED) is 0.625. The Morgan fingerprint density at radius 2 is 1.77 bits per heavy atom. The van der Waals surface area contributed by atoms with Crippen LogP contribution in [0, 0.1) is 5.92 Å². The summed E-state index contributed by atoms with van der Waals surface area (Å²) in [7, 11) is -0.879. The molecule has 1 fully saturated rings. The summed E-state index contributed by atoms with van der Waals surface area (Å²) in [6, 6.07) is 13.9. The van der Waals surface area contributed by atoms with E-state index in [4.69, 9.17) is 4.65 Å². The van der Waals surface area contributed by atoms with E-state index in [9.17, 15) is 10.1 Å². The maximum Gasteiger partial charge on any atom is 0.491 e. The van der Waals surface area contributed by atoms with Gasteiger partial charge in [0.2, 0.25) is 0 Å². The molecule has 0 saturated heterocycles. The fourth-order valence-corrected chi connectivity index (χ4v) is 5.00. The lowest BCUT2D eigenvalue weighted by atomic mass is 9.78. The van der Waals surface area contributed by atoms with Gasteiger partial charge in [-0.15, -0.1) is 11.8 Å². The Morgan fingerprint density at radius 3 is 2.54 bits per heavy atom. The van der Waals surface area contributed by atoms with E-state index in [0.717, 1.165) is 28.1 Å². The number of thioether (sulfide) groups is 1. The van der Waals surface area contributed by atoms with Gasteiger partial charge in [0.05, 0.1) is 6.61 Å². The summed E-state index contributed by atoms with van der Waals surface area (Å²) >= 11 is 1.93. The zero-order chi connectivity index (χ0) is 17.9. The van der Waals surface area contributed by atoms with Crippen LogP contribution in [0.15, 0.2) is 47.4 Å². The van der Waals surface area contributed by atoms with Gasteiger partial charge in [0.25, 0.3) is 0 Å². The highest BCUT2D eigenvalue weighted by atomic mass is 32.2. The first-order chi connectivity index (χ1) is 12.7. The second-order valence-corrected chi connectivity index (χ2v) is 8.50. The van der Waals surface area contributed by atoms with E-state index < -0.39 is 13.2 Å². The molecule has 2 aromatic carbocycles. The molecule has 2 N–H and O–H groups in total. The predicted octanol–water partition coefficient (Wildman–Crippen LogP) is 3.66. The first kappa shape index (κ1) is 18.1. The van der Waals surface area contributed by atoms with Gasteiger partial charge < -0.3 is 14.8 Å². The van der Waals surface area contributed by atoms with Crippen molar-refractivity contribution in [1.29, 1.82) is 0 Å². The Labute approximate surface area is 159 Å². The minimum absolute atomic E-state index is 0.430. The molecule has 1 aliphatic heterocycles. The molecule has 1 saturated carbocycles. The van der Waals surface area contributed by atoms with Gasteiger partial charge in [-0.2, -0.15) is 0 Å². The van der Waals surface area contributed by atoms with Gasteiger partial charge in [-0.1, -0.05) is 49.6 Å². The van der Waals surface area contributed by atoms with Crippen LogP contribution in [0.1, 0.15) is 54.9 Å². The Balaban J connectivity index is 1.40. The van der Waals surface area contributed by atoms with Crippen molar-refractivity contribution in [3.8, 4) is 0 Å². The summed E-state index contributed by atoms with van der Waals surface area (Å²) in [5, 5.41) is 20.6. The second kappa shape index (κ2) is 8.18. The predicted molar refractivity (Wildman–Crippen MR) is 107 cm³/mol. The van der Waals surface area contributed by atoms with Crippen molar-refractivity contribution < 1.29 is 14.8 Å². The van der Waals surface area contributed by atoms with Gasteiger partial charge in [0, 0.05) is 10.6 Å². The van der Waals surface area contributed by atoms with Crippen LogP contribution in [0.3, 0.4) is 0 Å². The molecular weight excluding hydrogens is 343 g/mol. The number of fused-ring (bicyclic) bond motifs is 1. The van der Waals surface area contributed by atoms with E-state index in [-0.39, 0.29) is 0 Å². The summed E-state index contributed by atoms with van der Waals surface area (Å²) in [4.78, 5) is 1.27. The van der Waals surface area contributed by atoms with Gasteiger partial charge in [0.15, 0.2) is 0 Å². The number of aliphatic hydroxyl groups excluding tert-OH is 1. The molecule has 2 aromatic rings. The lowest BCUT2D eigenvalue weighted by Gasteiger charge is -2.21. The molecule has 136 valence electrons. The van der Waals surface area contributed by atoms with Crippen molar-refractivity contribution in [1.82, 2.24) is 0 Å². The Hall–Kier alpha value is -1.27. The van der Waals surface area contributed by atoms with Crippen LogP contribution in [0.25, 0.3) is 0 Å². The van der Waals surface area contributed by atoms with Gasteiger partial charge in [-0.3, -0.25) is 0 Å². The molecule has 4 rings (SSSR count). The molecule has 0 spiro atoms.